The molecule has 1 saturated heterocycles. The van der Waals surface area contributed by atoms with Gasteiger partial charge in [0.05, 0.1) is 18.2 Å². The summed E-state index contributed by atoms with van der Waals surface area (Å²) in [5.41, 5.74) is 2.23. The third kappa shape index (κ3) is 6.60. The summed E-state index contributed by atoms with van der Waals surface area (Å²) < 4.78 is 16.4. The standard InChI is InChI=1S/C24H24BrN3O7/c1-4-34-19-11-15(10-18-23(31)28(24(32)27-18)12-21(30)33-3)9-17(25)22(19)35-13-20(29)26-16-7-5-14(2)6-8-16/h5-11H,4,12-13H2,1-3H3,(H,26,29)(H,27,32)/b18-10+. The summed E-state index contributed by atoms with van der Waals surface area (Å²) in [4.78, 5) is 49.2. The highest BCUT2D eigenvalue weighted by molar-refractivity contribution is 9.10. The third-order valence-corrected chi connectivity index (χ3v) is 5.39. The van der Waals surface area contributed by atoms with Crippen LogP contribution in [0.15, 0.2) is 46.6 Å². The summed E-state index contributed by atoms with van der Waals surface area (Å²) in [6.07, 6.45) is 1.44. The molecule has 3 rings (SSSR count). The molecule has 1 fully saturated rings. The first-order chi connectivity index (χ1) is 16.7. The highest BCUT2D eigenvalue weighted by Crippen LogP contribution is 2.37. The minimum Gasteiger partial charge on any atom is -0.490 e. The fourth-order valence-corrected chi connectivity index (χ4v) is 3.70. The Balaban J connectivity index is 1.75. The van der Waals surface area contributed by atoms with Crippen LogP contribution < -0.4 is 20.1 Å². The van der Waals surface area contributed by atoms with Crippen molar-refractivity contribution in [3.8, 4) is 11.5 Å². The van der Waals surface area contributed by atoms with Gasteiger partial charge in [-0.15, -0.1) is 0 Å². The number of aryl methyl sites for hydroxylation is 1. The number of nitrogens with zero attached hydrogens (tertiary/aromatic N) is 1. The lowest BCUT2D eigenvalue weighted by molar-refractivity contribution is -0.143. The highest BCUT2D eigenvalue weighted by atomic mass is 79.9. The van der Waals surface area contributed by atoms with Gasteiger partial charge in [-0.05, 0) is 65.7 Å². The lowest BCUT2D eigenvalue weighted by atomic mass is 10.1. The number of carbonyl (C=O) groups excluding carboxylic acids is 4. The van der Waals surface area contributed by atoms with Crippen LogP contribution >= 0.6 is 15.9 Å². The molecule has 2 aromatic rings. The van der Waals surface area contributed by atoms with Crippen molar-refractivity contribution in [3.63, 3.8) is 0 Å². The van der Waals surface area contributed by atoms with Crippen LogP contribution in [0.25, 0.3) is 6.08 Å². The van der Waals surface area contributed by atoms with Gasteiger partial charge in [-0.2, -0.15) is 0 Å². The van der Waals surface area contributed by atoms with Crippen LogP contribution in [-0.2, 0) is 19.1 Å². The first-order valence-electron chi connectivity index (χ1n) is 10.6. The number of methoxy groups -OCH3 is 1. The molecule has 0 radical (unpaired) electrons. The summed E-state index contributed by atoms with van der Waals surface area (Å²) in [6, 6.07) is 9.90. The molecule has 0 atom stereocenters. The lowest BCUT2D eigenvalue weighted by Gasteiger charge is -2.15. The maximum Gasteiger partial charge on any atom is 0.329 e. The third-order valence-electron chi connectivity index (χ3n) is 4.80. The van der Waals surface area contributed by atoms with Crippen LogP contribution in [0.2, 0.25) is 0 Å². The molecule has 1 heterocycles. The molecule has 0 aromatic heterocycles. The number of carbonyl (C=O) groups is 4. The van der Waals surface area contributed by atoms with Gasteiger partial charge < -0.3 is 24.8 Å². The molecule has 0 bridgehead atoms. The Morgan fingerprint density at radius 1 is 1.14 bits per heavy atom. The summed E-state index contributed by atoms with van der Waals surface area (Å²) in [5.74, 6) is -1.09. The molecule has 1 aliphatic rings. The van der Waals surface area contributed by atoms with Crippen molar-refractivity contribution in [3.05, 3.63) is 57.7 Å². The number of urea groups is 1. The number of hydrogen-bond donors (Lipinski definition) is 2. The van der Waals surface area contributed by atoms with E-state index in [4.69, 9.17) is 9.47 Å². The quantitative estimate of drug-likeness (QED) is 0.281. The molecule has 0 spiro atoms. The van der Waals surface area contributed by atoms with Gasteiger partial charge in [0.1, 0.15) is 12.2 Å². The predicted molar refractivity (Wildman–Crippen MR) is 131 cm³/mol. The van der Waals surface area contributed by atoms with Crippen molar-refractivity contribution >= 4 is 51.5 Å². The van der Waals surface area contributed by atoms with Gasteiger partial charge >= 0.3 is 12.0 Å². The largest absolute Gasteiger partial charge is 0.490 e. The normalized spacial score (nSPS) is 14.1. The Morgan fingerprint density at radius 3 is 2.51 bits per heavy atom. The van der Waals surface area contributed by atoms with E-state index in [1.165, 1.54) is 13.2 Å². The number of rotatable bonds is 9. The zero-order valence-corrected chi connectivity index (χ0v) is 20.9. The second-order valence-electron chi connectivity index (χ2n) is 7.42. The molecule has 1 aliphatic heterocycles. The number of imide groups is 1. The fourth-order valence-electron chi connectivity index (χ4n) is 3.12. The number of amides is 4. The van der Waals surface area contributed by atoms with Crippen molar-refractivity contribution in [1.82, 2.24) is 10.2 Å². The fraction of sp³-hybridized carbons (Fsp3) is 0.250. The van der Waals surface area contributed by atoms with E-state index in [-0.39, 0.29) is 18.2 Å². The van der Waals surface area contributed by atoms with E-state index in [0.717, 1.165) is 10.5 Å². The number of halogens is 1. The monoisotopic (exact) mass is 545 g/mol. The molecule has 2 N–H and O–H groups in total. The van der Waals surface area contributed by atoms with Gasteiger partial charge in [-0.1, -0.05) is 17.7 Å². The number of anilines is 1. The van der Waals surface area contributed by atoms with Crippen molar-refractivity contribution in [2.45, 2.75) is 13.8 Å². The van der Waals surface area contributed by atoms with Crippen LogP contribution in [0.4, 0.5) is 10.5 Å². The van der Waals surface area contributed by atoms with Crippen molar-refractivity contribution in [2.24, 2.45) is 0 Å². The Hall–Kier alpha value is -3.86. The molecule has 0 saturated carbocycles. The number of nitrogens with one attached hydrogen (secondary N) is 2. The molecule has 4 amide bonds. The Bertz CT molecular complexity index is 1180. The zero-order valence-electron chi connectivity index (χ0n) is 19.3. The molecule has 35 heavy (non-hydrogen) atoms. The minimum atomic E-state index is -0.727. The first-order valence-corrected chi connectivity index (χ1v) is 11.4. The summed E-state index contributed by atoms with van der Waals surface area (Å²) in [7, 11) is 1.17. The predicted octanol–water partition coefficient (Wildman–Crippen LogP) is 3.24. The smallest absolute Gasteiger partial charge is 0.329 e. The van der Waals surface area contributed by atoms with E-state index in [1.807, 2.05) is 19.1 Å². The van der Waals surface area contributed by atoms with E-state index in [0.29, 0.717) is 33.8 Å². The van der Waals surface area contributed by atoms with E-state index in [1.54, 1.807) is 31.2 Å². The van der Waals surface area contributed by atoms with E-state index in [2.05, 4.69) is 31.3 Å². The number of hydrogen-bond acceptors (Lipinski definition) is 7. The second-order valence-corrected chi connectivity index (χ2v) is 8.28. The van der Waals surface area contributed by atoms with Crippen LogP contribution in [-0.4, -0.2) is 55.6 Å². The van der Waals surface area contributed by atoms with Gasteiger partial charge in [-0.3, -0.25) is 14.4 Å². The molecule has 0 aliphatic carbocycles. The average molecular weight is 546 g/mol. The molecular weight excluding hydrogens is 522 g/mol. The SMILES string of the molecule is CCOc1cc(/C=C2/NC(=O)N(CC(=O)OC)C2=O)cc(Br)c1OCC(=O)Nc1ccc(C)cc1. The number of esters is 1. The summed E-state index contributed by atoms with van der Waals surface area (Å²) in [5, 5.41) is 5.19. The molecule has 184 valence electrons. The Labute approximate surface area is 210 Å². The topological polar surface area (TPSA) is 123 Å². The van der Waals surface area contributed by atoms with Crippen LogP contribution in [0, 0.1) is 6.92 Å². The van der Waals surface area contributed by atoms with Gasteiger partial charge in [0.25, 0.3) is 11.8 Å². The maximum absolute atomic E-state index is 12.5. The van der Waals surface area contributed by atoms with Gasteiger partial charge in [-0.25, -0.2) is 9.69 Å². The lowest BCUT2D eigenvalue weighted by Crippen LogP contribution is -2.36. The van der Waals surface area contributed by atoms with E-state index >= 15 is 0 Å². The highest BCUT2D eigenvalue weighted by Gasteiger charge is 2.35. The summed E-state index contributed by atoms with van der Waals surface area (Å²) >= 11 is 3.41. The van der Waals surface area contributed by atoms with Crippen LogP contribution in [0.3, 0.4) is 0 Å². The molecule has 0 unspecified atom stereocenters. The average Bonchev–Trinajstić information content (AvgIpc) is 3.07. The minimum absolute atomic E-state index is 0.0144. The number of ether oxygens (including phenoxy) is 3. The van der Waals surface area contributed by atoms with Gasteiger partial charge in [0, 0.05) is 5.69 Å². The molecule has 11 heteroatoms. The van der Waals surface area contributed by atoms with E-state index < -0.39 is 24.5 Å². The van der Waals surface area contributed by atoms with Gasteiger partial charge in [0.2, 0.25) is 0 Å². The van der Waals surface area contributed by atoms with E-state index in [9.17, 15) is 19.2 Å². The Kier molecular flexibility index (Phi) is 8.48. The molecule has 2 aromatic carbocycles. The zero-order chi connectivity index (χ0) is 25.5. The summed E-state index contributed by atoms with van der Waals surface area (Å²) in [6.45, 7) is 3.31. The van der Waals surface area contributed by atoms with Gasteiger partial charge in [0.15, 0.2) is 18.1 Å². The second kappa shape index (κ2) is 11.5. The molecule has 10 nitrogen and oxygen atoms in total. The van der Waals surface area contributed by atoms with Crippen molar-refractivity contribution in [1.29, 1.82) is 0 Å². The maximum atomic E-state index is 12.5. The Morgan fingerprint density at radius 2 is 1.86 bits per heavy atom. The van der Waals surface area contributed by atoms with Crippen molar-refractivity contribution < 1.29 is 33.4 Å². The number of benzene rings is 2. The van der Waals surface area contributed by atoms with Crippen molar-refractivity contribution in [2.75, 3.05) is 32.2 Å². The van der Waals surface area contributed by atoms with Crippen LogP contribution in [0.1, 0.15) is 18.1 Å². The van der Waals surface area contributed by atoms with Crippen LogP contribution in [0.5, 0.6) is 11.5 Å². The molecular formula is C24H24BrN3O7. The first kappa shape index (κ1) is 25.8.